The molecule has 0 unspecified atom stereocenters. The summed E-state index contributed by atoms with van der Waals surface area (Å²) in [5.41, 5.74) is 0. The predicted octanol–water partition coefficient (Wildman–Crippen LogP) is 1.03. The minimum atomic E-state index is 0. The van der Waals surface area contributed by atoms with E-state index in [0.29, 0.717) is 0 Å². The van der Waals surface area contributed by atoms with E-state index < -0.39 is 0 Å². The van der Waals surface area contributed by atoms with Crippen LogP contribution in [0, 0.1) is 0 Å². The van der Waals surface area contributed by atoms with Crippen LogP contribution in [0.15, 0.2) is 0 Å². The minimum Gasteiger partial charge on any atom is -0.657 e. The summed E-state index contributed by atoms with van der Waals surface area (Å²) >= 11 is 0. The molecule has 0 atom stereocenters. The molecule has 2 aliphatic carbocycles. The van der Waals surface area contributed by atoms with Gasteiger partial charge in [0.2, 0.25) is 0 Å². The predicted molar refractivity (Wildman–Crippen MR) is 57.1 cm³/mol. The zero-order valence-electron chi connectivity index (χ0n) is 9.67. The molecule has 2 fully saturated rings. The van der Waals surface area contributed by atoms with Crippen molar-refractivity contribution in [1.82, 2.24) is 0 Å². The summed E-state index contributed by atoms with van der Waals surface area (Å²) in [6, 6.07) is 1.49. The van der Waals surface area contributed by atoms with Crippen LogP contribution >= 0.6 is 0 Å². The van der Waals surface area contributed by atoms with E-state index in [1.807, 2.05) is 0 Å². The number of rotatable bonds is 2. The van der Waals surface area contributed by atoms with Crippen molar-refractivity contribution < 1.29 is 18.9 Å². The van der Waals surface area contributed by atoms with Gasteiger partial charge in [-0.15, -0.1) is 12.1 Å². The first-order valence-corrected chi connectivity index (χ1v) is 6.15. The molecule has 2 rings (SSSR count). The van der Waals surface area contributed by atoms with Crippen LogP contribution in [-0.4, -0.2) is 12.1 Å². The van der Waals surface area contributed by atoms with E-state index in [1.54, 1.807) is 0 Å². The fourth-order valence-electron chi connectivity index (χ4n) is 2.76. The summed E-state index contributed by atoms with van der Waals surface area (Å²) in [6.45, 7) is 0. The van der Waals surface area contributed by atoms with E-state index in [2.05, 4.69) is 0 Å². The van der Waals surface area contributed by atoms with Crippen molar-refractivity contribution in [1.29, 1.82) is 0 Å². The second-order valence-electron chi connectivity index (χ2n) is 4.73. The second-order valence-corrected chi connectivity index (χ2v) is 4.73. The van der Waals surface area contributed by atoms with Gasteiger partial charge >= 0.3 is 18.9 Å². The van der Waals surface area contributed by atoms with Crippen molar-refractivity contribution in [2.75, 3.05) is 0 Å². The maximum absolute atomic E-state index is 5.00. The Balaban J connectivity index is 0.000000980. The Labute approximate surface area is 101 Å². The monoisotopic (exact) mass is 187 g/mol. The molecule has 0 saturated heterocycles. The SMILES string of the molecule is C1CCC([15N-]C2CCCCC2)CC1.[6Li+]. The molecular formula is C12H22LiN. The van der Waals surface area contributed by atoms with E-state index in [-0.39, 0.29) is 18.9 Å². The average Bonchev–Trinajstić information content (AvgIpc) is 2.21. The Kier molecular flexibility index (Phi) is 6.25. The molecule has 0 aliphatic heterocycles. The van der Waals surface area contributed by atoms with Crippen molar-refractivity contribution in [3.8, 4) is 0 Å². The maximum Gasteiger partial charge on any atom is 1.00 e. The number of nitrogens with zero attached hydrogens (tertiary/aromatic N) is 1. The van der Waals surface area contributed by atoms with Gasteiger partial charge in [-0.05, 0) is 0 Å². The van der Waals surface area contributed by atoms with Gasteiger partial charge in [0.25, 0.3) is 0 Å². The largest absolute Gasteiger partial charge is 1.00 e. The topological polar surface area (TPSA) is 14.1 Å². The van der Waals surface area contributed by atoms with Crippen molar-refractivity contribution in [3.63, 3.8) is 0 Å². The maximum atomic E-state index is 5.00. The first-order chi connectivity index (χ1) is 6.45. The van der Waals surface area contributed by atoms with E-state index in [9.17, 15) is 0 Å². The fraction of sp³-hybridized carbons (Fsp3) is 1.00. The van der Waals surface area contributed by atoms with Crippen molar-refractivity contribution >= 4 is 0 Å². The molecule has 14 heavy (non-hydrogen) atoms. The first kappa shape index (κ1) is 12.6. The van der Waals surface area contributed by atoms with Gasteiger partial charge in [-0.1, -0.05) is 64.2 Å². The molecule has 0 bridgehead atoms. The van der Waals surface area contributed by atoms with Crippen LogP contribution in [0.5, 0.6) is 0 Å². The Morgan fingerprint density at radius 2 is 0.929 bits per heavy atom. The molecule has 0 aromatic rings. The summed E-state index contributed by atoms with van der Waals surface area (Å²) < 4.78 is 0. The second kappa shape index (κ2) is 6.94. The third kappa shape index (κ3) is 3.97. The smallest absolute Gasteiger partial charge is 0.657 e. The van der Waals surface area contributed by atoms with Crippen LogP contribution in [0.4, 0.5) is 0 Å². The molecule has 2 heteroatoms. The molecule has 1 nitrogen and oxygen atoms in total. The molecule has 0 radical (unpaired) electrons. The summed E-state index contributed by atoms with van der Waals surface area (Å²) in [5, 5.41) is 5.00. The number of hydrogen-bond donors (Lipinski definition) is 0. The zero-order valence-corrected chi connectivity index (χ0v) is 9.67. The van der Waals surface area contributed by atoms with Crippen molar-refractivity contribution in [2.45, 2.75) is 76.3 Å². The molecule has 0 aromatic heterocycles. The molecule has 2 aliphatic rings. The average molecular weight is 187 g/mol. The molecule has 0 aromatic carbocycles. The van der Waals surface area contributed by atoms with Crippen molar-refractivity contribution in [2.24, 2.45) is 0 Å². The molecule has 2 saturated carbocycles. The minimum absolute atomic E-state index is 0. The van der Waals surface area contributed by atoms with E-state index in [1.165, 1.54) is 64.2 Å². The first-order valence-electron chi connectivity index (χ1n) is 6.15. The summed E-state index contributed by atoms with van der Waals surface area (Å²) in [7, 11) is 0. The van der Waals surface area contributed by atoms with Gasteiger partial charge in [0.1, 0.15) is 0 Å². The van der Waals surface area contributed by atoms with Gasteiger partial charge in [0.05, 0.1) is 0 Å². The molecular weight excluding hydrogens is 165 g/mol. The van der Waals surface area contributed by atoms with Gasteiger partial charge in [0.15, 0.2) is 0 Å². The Morgan fingerprint density at radius 3 is 1.29 bits per heavy atom. The molecule has 0 spiro atoms. The third-order valence-electron chi connectivity index (χ3n) is 3.57. The van der Waals surface area contributed by atoms with Crippen LogP contribution in [0.25, 0.3) is 5.32 Å². The van der Waals surface area contributed by atoms with E-state index >= 15 is 0 Å². The van der Waals surface area contributed by atoms with Crippen LogP contribution in [0.3, 0.4) is 0 Å². The van der Waals surface area contributed by atoms with Gasteiger partial charge < -0.3 is 5.32 Å². The summed E-state index contributed by atoms with van der Waals surface area (Å²) in [4.78, 5) is 0. The molecule has 76 valence electrons. The van der Waals surface area contributed by atoms with E-state index in [0.717, 1.165) is 12.1 Å². The summed E-state index contributed by atoms with van der Waals surface area (Å²) in [5.74, 6) is 0. The van der Waals surface area contributed by atoms with Gasteiger partial charge in [-0.3, -0.25) is 0 Å². The van der Waals surface area contributed by atoms with Crippen LogP contribution in [0.2, 0.25) is 0 Å². The Hall–Kier alpha value is 0.557. The fourth-order valence-corrected chi connectivity index (χ4v) is 2.76. The van der Waals surface area contributed by atoms with Crippen LogP contribution in [-0.2, 0) is 0 Å². The van der Waals surface area contributed by atoms with Crippen LogP contribution in [0.1, 0.15) is 64.2 Å². The Bertz CT molecular complexity index is 121. The molecule has 0 heterocycles. The number of hydrogen-bond acceptors (Lipinski definition) is 0. The Morgan fingerprint density at radius 1 is 0.571 bits per heavy atom. The molecule has 0 amide bonds. The van der Waals surface area contributed by atoms with Gasteiger partial charge in [-0.25, -0.2) is 0 Å². The summed E-state index contributed by atoms with van der Waals surface area (Å²) in [6.07, 6.45) is 14.2. The van der Waals surface area contributed by atoms with Crippen LogP contribution < -0.4 is 18.9 Å². The standard InChI is InChI=1S/C12H22N.Li/c1-3-7-11(8-4-1)13-12-9-5-2-6-10-12;/h11-12H,1-10H2;/q-1;+1/i13+1;1-1. The van der Waals surface area contributed by atoms with Gasteiger partial charge in [0, 0.05) is 0 Å². The quantitative estimate of drug-likeness (QED) is 0.453. The van der Waals surface area contributed by atoms with Gasteiger partial charge in [-0.2, -0.15) is 0 Å². The third-order valence-corrected chi connectivity index (χ3v) is 3.57. The van der Waals surface area contributed by atoms with Crippen molar-refractivity contribution in [3.05, 3.63) is 5.32 Å². The molecule has 0 N–H and O–H groups in total. The van der Waals surface area contributed by atoms with E-state index in [4.69, 9.17) is 5.32 Å². The normalized spacial score (nSPS) is 25.7. The zero-order chi connectivity index (χ0) is 8.93.